The number of rotatable bonds is 6. The van der Waals surface area contributed by atoms with Crippen LogP contribution in [0, 0.1) is 18.8 Å². The fourth-order valence-electron chi connectivity index (χ4n) is 2.73. The van der Waals surface area contributed by atoms with Crippen LogP contribution < -0.4 is 5.32 Å². The first kappa shape index (κ1) is 13.6. The zero-order valence-electron chi connectivity index (χ0n) is 12.1. The molecule has 1 saturated carbocycles. The predicted molar refractivity (Wildman–Crippen MR) is 78.9 cm³/mol. The van der Waals surface area contributed by atoms with Crippen LogP contribution in [0.15, 0.2) is 24.3 Å². The fourth-order valence-corrected chi connectivity index (χ4v) is 2.73. The summed E-state index contributed by atoms with van der Waals surface area (Å²) < 4.78 is 0. The molecule has 1 aliphatic carbocycles. The van der Waals surface area contributed by atoms with Crippen molar-refractivity contribution in [3.05, 3.63) is 35.4 Å². The van der Waals surface area contributed by atoms with Crippen molar-refractivity contribution in [3.63, 3.8) is 0 Å². The summed E-state index contributed by atoms with van der Waals surface area (Å²) in [5.41, 5.74) is 2.86. The molecule has 18 heavy (non-hydrogen) atoms. The Labute approximate surface area is 112 Å². The van der Waals surface area contributed by atoms with Crippen LogP contribution in [-0.4, -0.2) is 12.6 Å². The van der Waals surface area contributed by atoms with Gasteiger partial charge in [0, 0.05) is 6.04 Å². The zero-order chi connectivity index (χ0) is 13.0. The normalized spacial score (nSPS) is 17.8. The van der Waals surface area contributed by atoms with E-state index in [1.165, 1.54) is 43.4 Å². The molecule has 2 rings (SSSR count). The van der Waals surface area contributed by atoms with E-state index < -0.39 is 0 Å². The highest BCUT2D eigenvalue weighted by atomic mass is 14.9. The van der Waals surface area contributed by atoms with Crippen LogP contribution >= 0.6 is 0 Å². The average Bonchev–Trinajstić information content (AvgIpc) is 2.26. The van der Waals surface area contributed by atoms with E-state index in [2.05, 4.69) is 50.4 Å². The van der Waals surface area contributed by atoms with Crippen molar-refractivity contribution in [2.45, 2.75) is 52.5 Å². The Hall–Kier alpha value is -0.820. The van der Waals surface area contributed by atoms with E-state index in [4.69, 9.17) is 0 Å². The monoisotopic (exact) mass is 245 g/mol. The van der Waals surface area contributed by atoms with Crippen molar-refractivity contribution in [2.24, 2.45) is 11.8 Å². The van der Waals surface area contributed by atoms with Gasteiger partial charge in [-0.1, -0.05) is 62.9 Å². The summed E-state index contributed by atoms with van der Waals surface area (Å²) in [6, 6.07) is 9.68. The molecular weight excluding hydrogens is 218 g/mol. The van der Waals surface area contributed by atoms with Crippen molar-refractivity contribution in [1.29, 1.82) is 0 Å². The minimum atomic E-state index is 0.602. The molecule has 1 heteroatoms. The minimum Gasteiger partial charge on any atom is -0.314 e. The van der Waals surface area contributed by atoms with E-state index in [1.54, 1.807) is 0 Å². The van der Waals surface area contributed by atoms with Crippen LogP contribution in [0.3, 0.4) is 0 Å². The molecule has 0 saturated heterocycles. The number of nitrogens with one attached hydrogen (secondary N) is 1. The third-order valence-corrected chi connectivity index (χ3v) is 4.22. The highest BCUT2D eigenvalue weighted by molar-refractivity contribution is 5.21. The fraction of sp³-hybridized carbons (Fsp3) is 0.647. The quantitative estimate of drug-likeness (QED) is 0.800. The first-order valence-electron chi connectivity index (χ1n) is 7.44. The van der Waals surface area contributed by atoms with Crippen LogP contribution in [0.25, 0.3) is 0 Å². The van der Waals surface area contributed by atoms with Gasteiger partial charge in [-0.05, 0) is 37.3 Å². The maximum atomic E-state index is 3.63. The van der Waals surface area contributed by atoms with Gasteiger partial charge in [0.15, 0.2) is 0 Å². The summed E-state index contributed by atoms with van der Waals surface area (Å²) in [7, 11) is 0. The molecule has 1 atom stereocenters. The molecule has 1 nitrogen and oxygen atoms in total. The molecule has 1 unspecified atom stereocenters. The second-order valence-electron chi connectivity index (χ2n) is 6.20. The summed E-state index contributed by atoms with van der Waals surface area (Å²) in [4.78, 5) is 0. The van der Waals surface area contributed by atoms with Crippen molar-refractivity contribution in [3.8, 4) is 0 Å². The second-order valence-corrected chi connectivity index (χ2v) is 6.20. The third-order valence-electron chi connectivity index (χ3n) is 4.22. The van der Waals surface area contributed by atoms with Gasteiger partial charge < -0.3 is 5.32 Å². The highest BCUT2D eigenvalue weighted by Crippen LogP contribution is 2.35. The molecule has 1 aliphatic rings. The van der Waals surface area contributed by atoms with Gasteiger partial charge in [-0.2, -0.15) is 0 Å². The summed E-state index contributed by atoms with van der Waals surface area (Å²) in [6.07, 6.45) is 5.56. The maximum absolute atomic E-state index is 3.63. The molecule has 1 N–H and O–H groups in total. The number of benzene rings is 1. The molecule has 0 aromatic heterocycles. The Morgan fingerprint density at radius 1 is 1.17 bits per heavy atom. The molecule has 1 fully saturated rings. The Morgan fingerprint density at radius 3 is 2.33 bits per heavy atom. The Balaban J connectivity index is 1.93. The van der Waals surface area contributed by atoms with E-state index in [0.717, 1.165) is 11.8 Å². The smallest absolute Gasteiger partial charge is 0.00104 e. The molecule has 1 aromatic rings. The number of hydrogen-bond acceptors (Lipinski definition) is 1. The molecule has 0 amide bonds. The Bertz CT molecular complexity index is 348. The second kappa shape index (κ2) is 6.38. The van der Waals surface area contributed by atoms with Crippen molar-refractivity contribution >= 4 is 0 Å². The average molecular weight is 245 g/mol. The first-order valence-corrected chi connectivity index (χ1v) is 7.44. The van der Waals surface area contributed by atoms with E-state index in [0.29, 0.717) is 6.04 Å². The highest BCUT2D eigenvalue weighted by Gasteiger charge is 2.27. The summed E-state index contributed by atoms with van der Waals surface area (Å²) in [5.74, 6) is 1.78. The van der Waals surface area contributed by atoms with Crippen molar-refractivity contribution in [2.75, 3.05) is 6.54 Å². The topological polar surface area (TPSA) is 12.0 Å². The van der Waals surface area contributed by atoms with Gasteiger partial charge in [-0.3, -0.25) is 0 Å². The van der Waals surface area contributed by atoms with Crippen LogP contribution in [0.2, 0.25) is 0 Å². The molecule has 100 valence electrons. The van der Waals surface area contributed by atoms with Gasteiger partial charge in [0.05, 0.1) is 0 Å². The Morgan fingerprint density at radius 2 is 1.83 bits per heavy atom. The number of aryl methyl sites for hydroxylation is 1. The zero-order valence-corrected chi connectivity index (χ0v) is 12.1. The summed E-state index contributed by atoms with van der Waals surface area (Å²) in [5, 5.41) is 3.63. The van der Waals surface area contributed by atoms with Crippen LogP contribution in [0.4, 0.5) is 0 Å². The molecule has 0 heterocycles. The molecule has 0 aliphatic heterocycles. The molecule has 0 spiro atoms. The SMILES string of the molecule is Cc1ccc(CC(CNC(C)C)C2CCC2)cc1. The third kappa shape index (κ3) is 3.84. The molecule has 0 radical (unpaired) electrons. The van der Waals surface area contributed by atoms with Gasteiger partial charge in [0.1, 0.15) is 0 Å². The van der Waals surface area contributed by atoms with E-state index >= 15 is 0 Å². The van der Waals surface area contributed by atoms with E-state index in [1.807, 2.05) is 0 Å². The van der Waals surface area contributed by atoms with Gasteiger partial charge in [0.25, 0.3) is 0 Å². The first-order chi connectivity index (χ1) is 8.65. The standard InChI is InChI=1S/C17H27N/c1-13(2)18-12-17(16-5-4-6-16)11-15-9-7-14(3)8-10-15/h7-10,13,16-18H,4-6,11-12H2,1-3H3. The molecule has 1 aromatic carbocycles. The lowest BCUT2D eigenvalue weighted by Gasteiger charge is -2.34. The summed E-state index contributed by atoms with van der Waals surface area (Å²) in [6.45, 7) is 7.82. The molecular formula is C17H27N. The van der Waals surface area contributed by atoms with Gasteiger partial charge in [-0.25, -0.2) is 0 Å². The van der Waals surface area contributed by atoms with Gasteiger partial charge >= 0.3 is 0 Å². The van der Waals surface area contributed by atoms with Crippen LogP contribution in [0.1, 0.15) is 44.2 Å². The summed E-state index contributed by atoms with van der Waals surface area (Å²) >= 11 is 0. The lowest BCUT2D eigenvalue weighted by Crippen LogP contribution is -2.36. The van der Waals surface area contributed by atoms with Crippen LogP contribution in [0.5, 0.6) is 0 Å². The largest absolute Gasteiger partial charge is 0.314 e. The molecule has 0 bridgehead atoms. The number of hydrogen-bond donors (Lipinski definition) is 1. The van der Waals surface area contributed by atoms with E-state index in [-0.39, 0.29) is 0 Å². The van der Waals surface area contributed by atoms with Gasteiger partial charge in [0.2, 0.25) is 0 Å². The lowest BCUT2D eigenvalue weighted by atomic mass is 9.73. The van der Waals surface area contributed by atoms with Gasteiger partial charge in [-0.15, -0.1) is 0 Å². The van der Waals surface area contributed by atoms with Crippen molar-refractivity contribution < 1.29 is 0 Å². The predicted octanol–water partition coefficient (Wildman–Crippen LogP) is 3.95. The maximum Gasteiger partial charge on any atom is 0.00104 e. The lowest BCUT2D eigenvalue weighted by molar-refractivity contribution is 0.197. The van der Waals surface area contributed by atoms with Crippen molar-refractivity contribution in [1.82, 2.24) is 5.32 Å². The minimum absolute atomic E-state index is 0.602. The van der Waals surface area contributed by atoms with E-state index in [9.17, 15) is 0 Å². The Kier molecular flexibility index (Phi) is 4.82. The van der Waals surface area contributed by atoms with Crippen LogP contribution in [-0.2, 0) is 6.42 Å².